The van der Waals surface area contributed by atoms with Gasteiger partial charge in [-0.3, -0.25) is 4.79 Å². The van der Waals surface area contributed by atoms with Crippen molar-refractivity contribution in [1.29, 1.82) is 0 Å². The molecule has 1 aliphatic heterocycles. The smallest absolute Gasteiger partial charge is 0.252 e. The van der Waals surface area contributed by atoms with Gasteiger partial charge in [0.1, 0.15) is 5.75 Å². The van der Waals surface area contributed by atoms with Crippen LogP contribution in [-0.2, 0) is 0 Å². The zero-order valence-electron chi connectivity index (χ0n) is 13.9. The molecule has 3 rings (SSSR count). The fourth-order valence-electron chi connectivity index (χ4n) is 3.03. The Labute approximate surface area is 138 Å². The number of nitrogens with two attached hydrogens (primary N) is 1. The molecule has 1 aromatic rings. The van der Waals surface area contributed by atoms with Gasteiger partial charge in [0.2, 0.25) is 0 Å². The van der Waals surface area contributed by atoms with Gasteiger partial charge in [0.25, 0.3) is 5.91 Å². The molecular weight excluding hydrogens is 290 g/mol. The number of primary amides is 1. The van der Waals surface area contributed by atoms with Gasteiger partial charge in [-0.05, 0) is 69.3 Å². The van der Waals surface area contributed by atoms with E-state index in [0.29, 0.717) is 23.8 Å². The van der Waals surface area contributed by atoms with Crippen molar-refractivity contribution in [3.8, 4) is 5.75 Å². The third kappa shape index (κ3) is 4.38. The average molecular weight is 317 g/mol. The van der Waals surface area contributed by atoms with Crippen LogP contribution < -0.4 is 15.8 Å². The summed E-state index contributed by atoms with van der Waals surface area (Å²) in [7, 11) is 0. The predicted molar refractivity (Wildman–Crippen MR) is 92.1 cm³/mol. The quantitative estimate of drug-likeness (QED) is 0.772. The summed E-state index contributed by atoms with van der Waals surface area (Å²) < 4.78 is 5.81. The Balaban J connectivity index is 1.63. The molecule has 0 spiro atoms. The average Bonchev–Trinajstić information content (AvgIpc) is 3.21. The minimum atomic E-state index is -0.432. The first-order valence-electron chi connectivity index (χ1n) is 8.67. The summed E-state index contributed by atoms with van der Waals surface area (Å²) >= 11 is 0. The molecule has 126 valence electrons. The number of carbonyl (C=O) groups is 1. The molecule has 3 N–H and O–H groups in total. The van der Waals surface area contributed by atoms with E-state index < -0.39 is 5.91 Å². The number of likely N-dealkylation sites (tertiary alicyclic amines) is 1. The molecule has 2 aliphatic rings. The Hall–Kier alpha value is -1.75. The first kappa shape index (κ1) is 16.1. The lowest BCUT2D eigenvalue weighted by atomic mass is 10.1. The van der Waals surface area contributed by atoms with Crippen LogP contribution in [0.4, 0.5) is 5.69 Å². The molecule has 1 amide bonds. The molecule has 0 unspecified atom stereocenters. The van der Waals surface area contributed by atoms with Gasteiger partial charge in [0.15, 0.2) is 0 Å². The number of aryl methyl sites for hydroxylation is 1. The van der Waals surface area contributed by atoms with Crippen LogP contribution in [0.1, 0.15) is 41.6 Å². The van der Waals surface area contributed by atoms with Crippen molar-refractivity contribution in [1.82, 2.24) is 4.90 Å². The second-order valence-electron chi connectivity index (χ2n) is 6.76. The molecular formula is C18H27N3O2. The highest BCUT2D eigenvalue weighted by Gasteiger charge is 2.23. The van der Waals surface area contributed by atoms with E-state index in [4.69, 9.17) is 10.5 Å². The number of carbonyl (C=O) groups excluding carboxylic acids is 1. The summed E-state index contributed by atoms with van der Waals surface area (Å²) in [5, 5.41) is 3.43. The van der Waals surface area contributed by atoms with E-state index in [1.807, 2.05) is 19.1 Å². The number of nitrogens with one attached hydrogen (secondary N) is 1. The normalized spacial score (nSPS) is 18.1. The number of rotatable bonds is 8. The highest BCUT2D eigenvalue weighted by molar-refractivity contribution is 5.97. The van der Waals surface area contributed by atoms with E-state index in [-0.39, 0.29) is 0 Å². The minimum absolute atomic E-state index is 0.432. The summed E-state index contributed by atoms with van der Waals surface area (Å²) in [6, 6.07) is 3.77. The molecule has 1 heterocycles. The molecule has 0 radical (unpaired) electrons. The van der Waals surface area contributed by atoms with E-state index >= 15 is 0 Å². The van der Waals surface area contributed by atoms with E-state index in [1.165, 1.54) is 38.8 Å². The molecule has 5 heteroatoms. The highest BCUT2D eigenvalue weighted by Crippen LogP contribution is 2.32. The van der Waals surface area contributed by atoms with Crippen molar-refractivity contribution in [2.24, 2.45) is 11.7 Å². The Bertz CT molecular complexity index is 564. The van der Waals surface area contributed by atoms with Gasteiger partial charge in [-0.2, -0.15) is 0 Å². The molecule has 2 fully saturated rings. The maximum atomic E-state index is 11.7. The van der Waals surface area contributed by atoms with Crippen LogP contribution in [0.15, 0.2) is 12.1 Å². The SMILES string of the molecule is Cc1cc(OCC2CC2)c(C(N)=O)cc1NCCN1CCCC1. The monoisotopic (exact) mass is 317 g/mol. The molecule has 5 nitrogen and oxygen atoms in total. The van der Waals surface area contributed by atoms with Crippen LogP contribution in [0.3, 0.4) is 0 Å². The Kier molecular flexibility index (Phi) is 5.06. The lowest BCUT2D eigenvalue weighted by Gasteiger charge is -2.18. The predicted octanol–water partition coefficient (Wildman–Crippen LogP) is 2.39. The summed E-state index contributed by atoms with van der Waals surface area (Å²) in [6.45, 7) is 7.02. The van der Waals surface area contributed by atoms with Crippen LogP contribution in [-0.4, -0.2) is 43.6 Å². The van der Waals surface area contributed by atoms with E-state index in [2.05, 4.69) is 10.2 Å². The number of hydrogen-bond acceptors (Lipinski definition) is 4. The summed E-state index contributed by atoms with van der Waals surface area (Å²) in [6.07, 6.45) is 5.05. The van der Waals surface area contributed by atoms with Crippen LogP contribution in [0.5, 0.6) is 5.75 Å². The number of anilines is 1. The number of amides is 1. The van der Waals surface area contributed by atoms with Gasteiger partial charge in [0.05, 0.1) is 12.2 Å². The topological polar surface area (TPSA) is 67.6 Å². The lowest BCUT2D eigenvalue weighted by Crippen LogP contribution is -2.26. The van der Waals surface area contributed by atoms with Gasteiger partial charge in [-0.15, -0.1) is 0 Å². The fraction of sp³-hybridized carbons (Fsp3) is 0.611. The zero-order chi connectivity index (χ0) is 16.2. The van der Waals surface area contributed by atoms with Crippen LogP contribution in [0, 0.1) is 12.8 Å². The van der Waals surface area contributed by atoms with Crippen molar-refractivity contribution < 1.29 is 9.53 Å². The molecule has 1 saturated carbocycles. The second-order valence-corrected chi connectivity index (χ2v) is 6.76. The van der Waals surface area contributed by atoms with Crippen molar-refractivity contribution in [2.75, 3.05) is 38.1 Å². The van der Waals surface area contributed by atoms with Crippen LogP contribution >= 0.6 is 0 Å². The zero-order valence-corrected chi connectivity index (χ0v) is 13.9. The molecule has 0 bridgehead atoms. The Morgan fingerprint density at radius 3 is 2.74 bits per heavy atom. The maximum absolute atomic E-state index is 11.7. The van der Waals surface area contributed by atoms with Crippen molar-refractivity contribution in [2.45, 2.75) is 32.6 Å². The molecule has 1 aliphatic carbocycles. The minimum Gasteiger partial charge on any atom is -0.492 e. The van der Waals surface area contributed by atoms with Crippen molar-refractivity contribution in [3.05, 3.63) is 23.3 Å². The third-order valence-corrected chi connectivity index (χ3v) is 4.71. The van der Waals surface area contributed by atoms with Gasteiger partial charge in [-0.1, -0.05) is 0 Å². The summed E-state index contributed by atoms with van der Waals surface area (Å²) in [5.74, 6) is 0.833. The highest BCUT2D eigenvalue weighted by atomic mass is 16.5. The van der Waals surface area contributed by atoms with Gasteiger partial charge in [-0.25, -0.2) is 0 Å². The fourth-order valence-corrected chi connectivity index (χ4v) is 3.03. The van der Waals surface area contributed by atoms with E-state index in [0.717, 1.165) is 24.3 Å². The van der Waals surface area contributed by atoms with Crippen molar-refractivity contribution in [3.63, 3.8) is 0 Å². The van der Waals surface area contributed by atoms with Crippen LogP contribution in [0.2, 0.25) is 0 Å². The number of ether oxygens (including phenoxy) is 1. The van der Waals surface area contributed by atoms with Gasteiger partial charge < -0.3 is 20.7 Å². The summed E-state index contributed by atoms with van der Waals surface area (Å²) in [4.78, 5) is 14.2. The first-order chi connectivity index (χ1) is 11.1. The molecule has 0 aromatic heterocycles. The van der Waals surface area contributed by atoms with Crippen molar-refractivity contribution >= 4 is 11.6 Å². The molecule has 0 atom stereocenters. The molecule has 1 saturated heterocycles. The Morgan fingerprint density at radius 2 is 2.09 bits per heavy atom. The standard InChI is InChI=1S/C18H27N3O2/c1-13-10-17(23-12-14-4-5-14)15(18(19)22)11-16(13)20-6-9-21-7-2-3-8-21/h10-11,14,20H,2-9,12H2,1H3,(H2,19,22). The first-order valence-corrected chi connectivity index (χ1v) is 8.67. The molecule has 1 aromatic carbocycles. The molecule has 23 heavy (non-hydrogen) atoms. The number of benzene rings is 1. The maximum Gasteiger partial charge on any atom is 0.252 e. The second kappa shape index (κ2) is 7.21. The third-order valence-electron chi connectivity index (χ3n) is 4.71. The largest absolute Gasteiger partial charge is 0.492 e. The van der Waals surface area contributed by atoms with Gasteiger partial charge >= 0.3 is 0 Å². The van der Waals surface area contributed by atoms with Gasteiger partial charge in [0, 0.05) is 18.8 Å². The lowest BCUT2D eigenvalue weighted by molar-refractivity contribution is 0.0996. The van der Waals surface area contributed by atoms with E-state index in [1.54, 1.807) is 0 Å². The van der Waals surface area contributed by atoms with Crippen LogP contribution in [0.25, 0.3) is 0 Å². The summed E-state index contributed by atoms with van der Waals surface area (Å²) in [5.41, 5.74) is 8.06. The number of nitrogens with zero attached hydrogens (tertiary/aromatic N) is 1. The number of hydrogen-bond donors (Lipinski definition) is 2. The van der Waals surface area contributed by atoms with E-state index in [9.17, 15) is 4.79 Å². The Morgan fingerprint density at radius 1 is 1.35 bits per heavy atom.